The molecule has 0 aliphatic carbocycles. The molecular formula is C27H35N5O4S. The lowest BCUT2D eigenvalue weighted by atomic mass is 10.1. The number of nitrogens with one attached hydrogen (secondary N) is 1. The second-order valence-corrected chi connectivity index (χ2v) is 13.0. The maximum Gasteiger partial charge on any atom is 0.330 e. The van der Waals surface area contributed by atoms with Gasteiger partial charge in [-0.25, -0.2) is 18.2 Å². The van der Waals surface area contributed by atoms with E-state index in [1.54, 1.807) is 21.4 Å². The predicted octanol–water partition coefficient (Wildman–Crippen LogP) is 4.02. The van der Waals surface area contributed by atoms with Gasteiger partial charge in [-0.15, -0.1) is 0 Å². The van der Waals surface area contributed by atoms with Gasteiger partial charge in [-0.1, -0.05) is 25.5 Å². The molecule has 3 heterocycles. The van der Waals surface area contributed by atoms with E-state index in [0.717, 1.165) is 22.0 Å². The number of pyridine rings is 1. The molecule has 0 saturated heterocycles. The normalized spacial score (nSPS) is 13.4. The van der Waals surface area contributed by atoms with Gasteiger partial charge in [-0.3, -0.25) is 18.7 Å². The molecule has 0 aliphatic heterocycles. The Bertz CT molecular complexity index is 1640. The first-order chi connectivity index (χ1) is 17.4. The summed E-state index contributed by atoms with van der Waals surface area (Å²) in [6, 6.07) is 9.23. The Balaban J connectivity index is 1.78. The number of aryl methyl sites for hydroxylation is 2. The average molecular weight is 526 g/mol. The van der Waals surface area contributed by atoms with Gasteiger partial charge in [0.1, 0.15) is 0 Å². The SMILES string of the molecule is CCCC(CC(=O)NS(=O)(=O)C(C)(C)C)n1c(=O)n(Cc2cn(C)c3cccc(C)c23)c2cccnc21. The third-order valence-electron chi connectivity index (χ3n) is 6.81. The van der Waals surface area contributed by atoms with Crippen molar-refractivity contribution in [1.29, 1.82) is 0 Å². The molecule has 0 radical (unpaired) electrons. The second-order valence-electron chi connectivity index (χ2n) is 10.6. The van der Waals surface area contributed by atoms with E-state index in [1.807, 2.05) is 32.3 Å². The summed E-state index contributed by atoms with van der Waals surface area (Å²) in [7, 11) is -1.87. The van der Waals surface area contributed by atoms with E-state index in [4.69, 9.17) is 0 Å². The number of rotatable bonds is 8. The molecule has 0 aliphatic rings. The first-order valence-corrected chi connectivity index (χ1v) is 14.0. The third kappa shape index (κ3) is 4.94. The zero-order chi connectivity index (χ0) is 27.1. The van der Waals surface area contributed by atoms with E-state index < -0.39 is 26.7 Å². The van der Waals surface area contributed by atoms with Gasteiger partial charge in [0.05, 0.1) is 16.8 Å². The standard InChI is InChI=1S/C27H35N5O4S/c1-7-10-20(15-23(33)29-37(35,36)27(3,4)5)32-25-22(13-9-14-28-25)31(26(32)34)17-19-16-30(6)21-12-8-11-18(2)24(19)21/h8-9,11-14,16,20H,7,10,15,17H2,1-6H3,(H,29,33). The molecule has 1 amide bonds. The maximum absolute atomic E-state index is 13.9. The molecule has 0 bridgehead atoms. The second kappa shape index (κ2) is 9.81. The van der Waals surface area contributed by atoms with Gasteiger partial charge in [0, 0.05) is 42.8 Å². The van der Waals surface area contributed by atoms with Crippen LogP contribution >= 0.6 is 0 Å². The molecule has 3 aromatic heterocycles. The van der Waals surface area contributed by atoms with Gasteiger partial charge in [0.25, 0.3) is 0 Å². The topological polar surface area (TPSA) is 108 Å². The van der Waals surface area contributed by atoms with Crippen LogP contribution in [0.1, 0.15) is 64.1 Å². The summed E-state index contributed by atoms with van der Waals surface area (Å²) in [6.07, 6.45) is 4.74. The number of sulfonamides is 1. The molecule has 1 unspecified atom stereocenters. The number of hydrogen-bond acceptors (Lipinski definition) is 5. The van der Waals surface area contributed by atoms with Gasteiger partial charge in [0.2, 0.25) is 15.9 Å². The fraction of sp³-hybridized carbons (Fsp3) is 0.444. The van der Waals surface area contributed by atoms with Crippen LogP contribution < -0.4 is 10.4 Å². The molecule has 0 fully saturated rings. The van der Waals surface area contributed by atoms with Gasteiger partial charge >= 0.3 is 5.69 Å². The number of fused-ring (bicyclic) bond motifs is 2. The summed E-state index contributed by atoms with van der Waals surface area (Å²) in [5.74, 6) is -0.637. The van der Waals surface area contributed by atoms with Crippen LogP contribution in [0.4, 0.5) is 0 Å². The first-order valence-electron chi connectivity index (χ1n) is 12.5. The number of amides is 1. The van der Waals surface area contributed by atoms with Crippen molar-refractivity contribution < 1.29 is 13.2 Å². The molecule has 4 aromatic rings. The minimum absolute atomic E-state index is 0.147. The third-order valence-corrected chi connectivity index (χ3v) is 8.92. The number of nitrogens with zero attached hydrogens (tertiary/aromatic N) is 4. The zero-order valence-electron chi connectivity index (χ0n) is 22.3. The molecule has 4 rings (SSSR count). The number of carbonyl (C=O) groups excluding carboxylic acids is 1. The highest BCUT2D eigenvalue weighted by Crippen LogP contribution is 2.27. The number of carbonyl (C=O) groups is 1. The summed E-state index contributed by atoms with van der Waals surface area (Å²) in [5, 5.41) is 1.11. The lowest BCUT2D eigenvalue weighted by molar-refractivity contribution is -0.120. The summed E-state index contributed by atoms with van der Waals surface area (Å²) >= 11 is 0. The first kappa shape index (κ1) is 26.7. The molecule has 1 aromatic carbocycles. The lowest BCUT2D eigenvalue weighted by Crippen LogP contribution is -2.43. The maximum atomic E-state index is 13.9. The van der Waals surface area contributed by atoms with E-state index in [-0.39, 0.29) is 12.1 Å². The van der Waals surface area contributed by atoms with Crippen LogP contribution in [0.15, 0.2) is 47.5 Å². The number of benzene rings is 1. The van der Waals surface area contributed by atoms with E-state index in [1.165, 1.54) is 20.8 Å². The van der Waals surface area contributed by atoms with Crippen LogP contribution in [0.5, 0.6) is 0 Å². The molecular weight excluding hydrogens is 490 g/mol. The van der Waals surface area contributed by atoms with E-state index in [2.05, 4.69) is 33.3 Å². The van der Waals surface area contributed by atoms with Crippen molar-refractivity contribution in [2.45, 2.75) is 71.2 Å². The quantitative estimate of drug-likeness (QED) is 0.374. The van der Waals surface area contributed by atoms with E-state index >= 15 is 0 Å². The monoisotopic (exact) mass is 525 g/mol. The molecule has 1 atom stereocenters. The summed E-state index contributed by atoms with van der Waals surface area (Å²) in [4.78, 5) is 31.3. The molecule has 0 saturated carbocycles. The van der Waals surface area contributed by atoms with Crippen molar-refractivity contribution in [1.82, 2.24) is 23.4 Å². The van der Waals surface area contributed by atoms with Crippen LogP contribution in [0.3, 0.4) is 0 Å². The lowest BCUT2D eigenvalue weighted by Gasteiger charge is -2.21. The molecule has 10 heteroatoms. The highest BCUT2D eigenvalue weighted by atomic mass is 32.2. The van der Waals surface area contributed by atoms with Crippen LogP contribution in [0, 0.1) is 6.92 Å². The average Bonchev–Trinajstić information content (AvgIpc) is 3.27. The minimum atomic E-state index is -3.86. The Labute approximate surface area is 217 Å². The molecule has 37 heavy (non-hydrogen) atoms. The smallest absolute Gasteiger partial charge is 0.330 e. The minimum Gasteiger partial charge on any atom is -0.350 e. The highest BCUT2D eigenvalue weighted by molar-refractivity contribution is 7.91. The van der Waals surface area contributed by atoms with Crippen molar-refractivity contribution in [2.24, 2.45) is 7.05 Å². The number of imidazole rings is 1. The van der Waals surface area contributed by atoms with Gasteiger partial charge in [0.15, 0.2) is 5.65 Å². The fourth-order valence-electron chi connectivity index (χ4n) is 4.83. The van der Waals surface area contributed by atoms with Crippen molar-refractivity contribution in [3.8, 4) is 0 Å². The molecule has 9 nitrogen and oxygen atoms in total. The number of hydrogen-bond donors (Lipinski definition) is 1. The van der Waals surface area contributed by atoms with Crippen LogP contribution in [-0.4, -0.2) is 37.8 Å². The Morgan fingerprint density at radius 2 is 1.84 bits per heavy atom. The highest BCUT2D eigenvalue weighted by Gasteiger charge is 2.32. The Hall–Kier alpha value is -3.40. The van der Waals surface area contributed by atoms with Crippen LogP contribution in [-0.2, 0) is 28.4 Å². The Morgan fingerprint density at radius 1 is 1.14 bits per heavy atom. The van der Waals surface area contributed by atoms with Gasteiger partial charge in [-0.2, -0.15) is 0 Å². The zero-order valence-corrected chi connectivity index (χ0v) is 23.1. The van der Waals surface area contributed by atoms with Gasteiger partial charge < -0.3 is 4.57 Å². The van der Waals surface area contributed by atoms with E-state index in [9.17, 15) is 18.0 Å². The molecule has 1 N–H and O–H groups in total. The van der Waals surface area contributed by atoms with Gasteiger partial charge in [-0.05, 0) is 63.4 Å². The van der Waals surface area contributed by atoms with E-state index in [0.29, 0.717) is 30.6 Å². The van der Waals surface area contributed by atoms with Crippen molar-refractivity contribution in [2.75, 3.05) is 0 Å². The van der Waals surface area contributed by atoms with Crippen molar-refractivity contribution in [3.63, 3.8) is 0 Å². The predicted molar refractivity (Wildman–Crippen MR) is 146 cm³/mol. The summed E-state index contributed by atoms with van der Waals surface area (Å²) in [5.41, 5.74) is 4.11. The summed E-state index contributed by atoms with van der Waals surface area (Å²) < 4.78 is 31.4. The Morgan fingerprint density at radius 3 is 2.51 bits per heavy atom. The van der Waals surface area contributed by atoms with Crippen molar-refractivity contribution >= 4 is 38.0 Å². The van der Waals surface area contributed by atoms with Crippen molar-refractivity contribution in [3.05, 3.63) is 64.3 Å². The molecule has 0 spiro atoms. The Kier molecular flexibility index (Phi) is 7.07. The van der Waals surface area contributed by atoms with Crippen LogP contribution in [0.2, 0.25) is 0 Å². The number of aromatic nitrogens is 4. The fourth-order valence-corrected chi connectivity index (χ4v) is 5.52. The van der Waals surface area contributed by atoms with Crippen LogP contribution in [0.25, 0.3) is 22.1 Å². The largest absolute Gasteiger partial charge is 0.350 e. The molecule has 198 valence electrons. The summed E-state index contributed by atoms with van der Waals surface area (Å²) in [6.45, 7) is 8.96.